The van der Waals surface area contributed by atoms with Gasteiger partial charge in [0.25, 0.3) is 0 Å². The lowest BCUT2D eigenvalue weighted by atomic mass is 9.94. The van der Waals surface area contributed by atoms with Gasteiger partial charge in [-0.3, -0.25) is 0 Å². The molecule has 1 aliphatic carbocycles. The van der Waals surface area contributed by atoms with Gasteiger partial charge in [0.15, 0.2) is 0 Å². The first-order valence-electron chi connectivity index (χ1n) is 6.38. The van der Waals surface area contributed by atoms with Crippen molar-refractivity contribution in [3.63, 3.8) is 0 Å². The van der Waals surface area contributed by atoms with E-state index in [1.165, 1.54) is 18.4 Å². The van der Waals surface area contributed by atoms with Crippen molar-refractivity contribution in [1.82, 2.24) is 0 Å². The Morgan fingerprint density at radius 2 is 1.89 bits per heavy atom. The van der Waals surface area contributed by atoms with Gasteiger partial charge in [0.2, 0.25) is 0 Å². The minimum atomic E-state index is -0.543. The number of thiophene rings is 1. The molecule has 1 atom stereocenters. The van der Waals surface area contributed by atoms with Gasteiger partial charge in [0, 0.05) is 16.8 Å². The van der Waals surface area contributed by atoms with Crippen molar-refractivity contribution in [2.45, 2.75) is 24.4 Å². The monoisotopic (exact) mass is 337 g/mol. The molecule has 2 nitrogen and oxygen atoms in total. The van der Waals surface area contributed by atoms with Gasteiger partial charge in [-0.05, 0) is 52.0 Å². The molecule has 0 saturated heterocycles. The van der Waals surface area contributed by atoms with Crippen LogP contribution < -0.4 is 5.73 Å². The second kappa shape index (κ2) is 5.02. The van der Waals surface area contributed by atoms with E-state index >= 15 is 0 Å². The van der Waals surface area contributed by atoms with Crippen LogP contribution in [0.3, 0.4) is 0 Å². The molecule has 1 saturated carbocycles. The van der Waals surface area contributed by atoms with Gasteiger partial charge in [-0.25, -0.2) is 0 Å². The van der Waals surface area contributed by atoms with E-state index < -0.39 is 6.10 Å². The van der Waals surface area contributed by atoms with E-state index in [9.17, 15) is 5.11 Å². The Hall–Kier alpha value is -0.680. The summed E-state index contributed by atoms with van der Waals surface area (Å²) in [5.41, 5.74) is 8.30. The number of aliphatic hydroxyl groups is 1. The summed E-state index contributed by atoms with van der Waals surface area (Å²) in [6.45, 7) is 0.715. The van der Waals surface area contributed by atoms with Crippen LogP contribution in [0.1, 0.15) is 34.9 Å². The molecular formula is C15H16BrNOS. The van der Waals surface area contributed by atoms with Crippen molar-refractivity contribution in [3.8, 4) is 0 Å². The zero-order valence-electron chi connectivity index (χ0n) is 10.5. The Kier molecular flexibility index (Phi) is 3.52. The van der Waals surface area contributed by atoms with Crippen molar-refractivity contribution in [3.05, 3.63) is 56.2 Å². The lowest BCUT2D eigenvalue weighted by molar-refractivity contribution is 0.224. The molecule has 1 fully saturated rings. The number of hydrogen-bond donors (Lipinski definition) is 2. The molecule has 3 N–H and O–H groups in total. The molecule has 2 aromatic rings. The number of halogens is 1. The van der Waals surface area contributed by atoms with E-state index in [1.54, 1.807) is 11.3 Å². The lowest BCUT2D eigenvalue weighted by Crippen LogP contribution is -2.19. The SMILES string of the molecule is NCC1(c2ccc(C(O)c3ccc(Br)s3)cc2)CC1. The number of hydrogen-bond acceptors (Lipinski definition) is 3. The van der Waals surface area contributed by atoms with Crippen LogP contribution in [-0.4, -0.2) is 11.7 Å². The fourth-order valence-electron chi connectivity index (χ4n) is 2.42. The summed E-state index contributed by atoms with van der Waals surface area (Å²) in [5, 5.41) is 10.3. The number of nitrogens with two attached hydrogens (primary N) is 1. The van der Waals surface area contributed by atoms with Crippen molar-refractivity contribution in [1.29, 1.82) is 0 Å². The topological polar surface area (TPSA) is 46.2 Å². The maximum absolute atomic E-state index is 10.3. The molecule has 1 aromatic heterocycles. The fourth-order valence-corrected chi connectivity index (χ4v) is 3.86. The molecule has 1 aliphatic rings. The van der Waals surface area contributed by atoms with Gasteiger partial charge in [-0.1, -0.05) is 24.3 Å². The van der Waals surface area contributed by atoms with Gasteiger partial charge in [-0.2, -0.15) is 0 Å². The van der Waals surface area contributed by atoms with Crippen molar-refractivity contribution in [2.75, 3.05) is 6.54 Å². The quantitative estimate of drug-likeness (QED) is 0.895. The van der Waals surface area contributed by atoms with Gasteiger partial charge in [0.1, 0.15) is 6.10 Å². The number of aliphatic hydroxyl groups excluding tert-OH is 1. The zero-order chi connectivity index (χ0) is 13.5. The van der Waals surface area contributed by atoms with Crippen molar-refractivity contribution >= 4 is 27.3 Å². The maximum atomic E-state index is 10.3. The van der Waals surface area contributed by atoms with Crippen LogP contribution in [0.2, 0.25) is 0 Å². The first kappa shape index (κ1) is 13.3. The van der Waals surface area contributed by atoms with Gasteiger partial charge >= 0.3 is 0 Å². The Morgan fingerprint density at radius 1 is 1.21 bits per heavy atom. The largest absolute Gasteiger partial charge is 0.383 e. The molecule has 4 heteroatoms. The van der Waals surface area contributed by atoms with E-state index in [4.69, 9.17) is 5.73 Å². The molecular weight excluding hydrogens is 322 g/mol. The number of benzene rings is 1. The van der Waals surface area contributed by atoms with E-state index in [0.717, 1.165) is 14.2 Å². The van der Waals surface area contributed by atoms with Crippen LogP contribution in [0.4, 0.5) is 0 Å². The third-order valence-electron chi connectivity index (χ3n) is 3.95. The minimum Gasteiger partial charge on any atom is -0.383 e. The van der Waals surface area contributed by atoms with Crippen LogP contribution >= 0.6 is 27.3 Å². The minimum absolute atomic E-state index is 0.218. The first-order valence-corrected chi connectivity index (χ1v) is 7.99. The maximum Gasteiger partial charge on any atom is 0.113 e. The standard InChI is InChI=1S/C15H16BrNOS/c16-13-6-5-12(19-13)14(18)10-1-3-11(4-2-10)15(9-17)7-8-15/h1-6,14,18H,7-9,17H2. The number of rotatable bonds is 4. The van der Waals surface area contributed by atoms with Crippen LogP contribution in [0.15, 0.2) is 40.2 Å². The average molecular weight is 338 g/mol. The van der Waals surface area contributed by atoms with Gasteiger partial charge < -0.3 is 10.8 Å². The summed E-state index contributed by atoms with van der Waals surface area (Å²) in [7, 11) is 0. The van der Waals surface area contributed by atoms with E-state index in [1.807, 2.05) is 24.3 Å². The highest BCUT2D eigenvalue weighted by Gasteiger charge is 2.42. The Labute approximate surface area is 125 Å². The fraction of sp³-hybridized carbons (Fsp3) is 0.333. The van der Waals surface area contributed by atoms with Crippen molar-refractivity contribution < 1.29 is 5.11 Å². The third kappa shape index (κ3) is 2.50. The molecule has 0 amide bonds. The summed E-state index contributed by atoms with van der Waals surface area (Å²) < 4.78 is 1.04. The molecule has 1 unspecified atom stereocenters. The predicted molar refractivity (Wildman–Crippen MR) is 82.5 cm³/mol. The molecule has 0 bridgehead atoms. The predicted octanol–water partition coefficient (Wildman–Crippen LogP) is 3.58. The van der Waals surface area contributed by atoms with E-state index in [-0.39, 0.29) is 5.41 Å². The normalized spacial score (nSPS) is 18.3. The van der Waals surface area contributed by atoms with Crippen LogP contribution in [0.5, 0.6) is 0 Å². The summed E-state index contributed by atoms with van der Waals surface area (Å²) in [5.74, 6) is 0. The summed E-state index contributed by atoms with van der Waals surface area (Å²) >= 11 is 4.99. The highest BCUT2D eigenvalue weighted by molar-refractivity contribution is 9.11. The van der Waals surface area contributed by atoms with E-state index in [0.29, 0.717) is 6.54 Å². The molecule has 1 aromatic carbocycles. The van der Waals surface area contributed by atoms with Crippen LogP contribution in [0, 0.1) is 0 Å². The van der Waals surface area contributed by atoms with Crippen molar-refractivity contribution in [2.24, 2.45) is 5.73 Å². The molecule has 0 aliphatic heterocycles. The molecule has 100 valence electrons. The molecule has 3 rings (SSSR count). The molecule has 0 spiro atoms. The Morgan fingerprint density at radius 3 is 2.37 bits per heavy atom. The van der Waals surface area contributed by atoms with Gasteiger partial charge in [-0.15, -0.1) is 11.3 Å². The summed E-state index contributed by atoms with van der Waals surface area (Å²) in [6, 6.07) is 12.2. The average Bonchev–Trinajstić information content (AvgIpc) is 3.14. The molecule has 19 heavy (non-hydrogen) atoms. The Bertz CT molecular complexity index is 574. The second-order valence-electron chi connectivity index (χ2n) is 5.15. The molecule has 1 heterocycles. The summed E-state index contributed by atoms with van der Waals surface area (Å²) in [6.07, 6.45) is 1.82. The van der Waals surface area contributed by atoms with Crippen LogP contribution in [0.25, 0.3) is 0 Å². The van der Waals surface area contributed by atoms with E-state index in [2.05, 4.69) is 28.1 Å². The lowest BCUT2D eigenvalue weighted by Gasteiger charge is -2.15. The molecule has 0 radical (unpaired) electrons. The highest BCUT2D eigenvalue weighted by atomic mass is 79.9. The Balaban J connectivity index is 1.83. The second-order valence-corrected chi connectivity index (χ2v) is 7.65. The van der Waals surface area contributed by atoms with Gasteiger partial charge in [0.05, 0.1) is 3.79 Å². The zero-order valence-corrected chi connectivity index (χ0v) is 12.9. The highest BCUT2D eigenvalue weighted by Crippen LogP contribution is 2.47. The third-order valence-corrected chi connectivity index (χ3v) is 5.62. The van der Waals surface area contributed by atoms with Crippen LogP contribution in [-0.2, 0) is 5.41 Å². The first-order chi connectivity index (χ1) is 9.14. The smallest absolute Gasteiger partial charge is 0.113 e. The summed E-state index contributed by atoms with van der Waals surface area (Å²) in [4.78, 5) is 0.958.